The molecule has 0 saturated heterocycles. The molecule has 3 aromatic carbocycles. The molecule has 2 heterocycles. The number of anilines is 1. The molecule has 1 aliphatic heterocycles. The van der Waals surface area contributed by atoms with Gasteiger partial charge in [0.05, 0.1) is 0 Å². The molecule has 6 heteroatoms. The molecule has 29 heavy (non-hydrogen) atoms. The molecule has 0 radical (unpaired) electrons. The number of fused-ring (bicyclic) bond motifs is 2. The number of carbonyl (C=O) groups excluding carboxylic acids is 1. The van der Waals surface area contributed by atoms with Gasteiger partial charge in [-0.15, -0.1) is 0 Å². The zero-order chi connectivity index (χ0) is 19.6. The van der Waals surface area contributed by atoms with Gasteiger partial charge in [-0.2, -0.15) is 0 Å². The van der Waals surface area contributed by atoms with Gasteiger partial charge in [-0.25, -0.2) is 4.98 Å². The van der Waals surface area contributed by atoms with Crippen LogP contribution in [0.1, 0.15) is 21.8 Å². The molecule has 0 bridgehead atoms. The van der Waals surface area contributed by atoms with E-state index in [9.17, 15) is 4.79 Å². The van der Waals surface area contributed by atoms with Crippen molar-refractivity contribution in [2.45, 2.75) is 6.42 Å². The van der Waals surface area contributed by atoms with Crippen LogP contribution in [-0.4, -0.2) is 24.1 Å². The predicted molar refractivity (Wildman–Crippen MR) is 109 cm³/mol. The van der Waals surface area contributed by atoms with Crippen molar-refractivity contribution in [3.63, 3.8) is 0 Å². The Bertz CT molecular complexity index is 1180. The first kappa shape index (κ1) is 17.3. The van der Waals surface area contributed by atoms with Gasteiger partial charge in [0.1, 0.15) is 18.7 Å². The summed E-state index contributed by atoms with van der Waals surface area (Å²) in [6.07, 6.45) is 0.619. The molecule has 144 valence electrons. The van der Waals surface area contributed by atoms with Gasteiger partial charge in [0, 0.05) is 17.7 Å². The maximum atomic E-state index is 12.6. The van der Waals surface area contributed by atoms with Crippen LogP contribution in [0, 0.1) is 0 Å². The number of hydrogen-bond acceptors (Lipinski definition) is 5. The standard InChI is InChI=1S/C23H18N2O4/c26-23(16-6-8-20-21(13-16)28-11-10-27-20)24-17-7-9-19-18(14-17)25-22(29-19)12-15-4-2-1-3-5-15/h1-9,13-14H,10-12H2,(H,24,26). The number of ether oxygens (including phenoxy) is 2. The lowest BCUT2D eigenvalue weighted by Crippen LogP contribution is -2.17. The summed E-state index contributed by atoms with van der Waals surface area (Å²) in [7, 11) is 0. The van der Waals surface area contributed by atoms with Crippen LogP contribution in [0.25, 0.3) is 11.1 Å². The molecule has 1 aromatic heterocycles. The van der Waals surface area contributed by atoms with Crippen molar-refractivity contribution in [1.82, 2.24) is 4.98 Å². The van der Waals surface area contributed by atoms with Gasteiger partial charge in [0.25, 0.3) is 5.91 Å². The average molecular weight is 386 g/mol. The van der Waals surface area contributed by atoms with Crippen LogP contribution in [0.4, 0.5) is 5.69 Å². The molecule has 0 saturated carbocycles. The zero-order valence-electron chi connectivity index (χ0n) is 15.6. The first-order chi connectivity index (χ1) is 14.2. The molecule has 0 spiro atoms. The Balaban J connectivity index is 1.34. The van der Waals surface area contributed by atoms with Gasteiger partial charge >= 0.3 is 0 Å². The molecule has 1 aliphatic rings. The van der Waals surface area contributed by atoms with Gasteiger partial charge in [-0.05, 0) is 42.0 Å². The molecule has 1 amide bonds. The van der Waals surface area contributed by atoms with Crippen LogP contribution < -0.4 is 14.8 Å². The summed E-state index contributed by atoms with van der Waals surface area (Å²) < 4.78 is 16.9. The van der Waals surface area contributed by atoms with E-state index in [2.05, 4.69) is 10.3 Å². The number of oxazole rings is 1. The Labute approximate surface area is 167 Å². The molecule has 0 fully saturated rings. The van der Waals surface area contributed by atoms with Crippen LogP contribution in [0.5, 0.6) is 11.5 Å². The van der Waals surface area contributed by atoms with E-state index in [-0.39, 0.29) is 5.91 Å². The number of nitrogens with zero attached hydrogens (tertiary/aromatic N) is 1. The van der Waals surface area contributed by atoms with Gasteiger partial charge in [-0.1, -0.05) is 30.3 Å². The van der Waals surface area contributed by atoms with E-state index in [1.165, 1.54) is 0 Å². The SMILES string of the molecule is O=C(Nc1ccc2oc(Cc3ccccc3)nc2c1)c1ccc2c(c1)OCCO2. The first-order valence-electron chi connectivity index (χ1n) is 9.39. The maximum Gasteiger partial charge on any atom is 0.255 e. The van der Waals surface area contributed by atoms with Crippen molar-refractivity contribution in [3.8, 4) is 11.5 Å². The zero-order valence-corrected chi connectivity index (χ0v) is 15.6. The summed E-state index contributed by atoms with van der Waals surface area (Å²) >= 11 is 0. The normalized spacial score (nSPS) is 12.7. The third-order valence-corrected chi connectivity index (χ3v) is 4.69. The second kappa shape index (κ2) is 7.31. The summed E-state index contributed by atoms with van der Waals surface area (Å²) in [6.45, 7) is 0.995. The number of hydrogen-bond donors (Lipinski definition) is 1. The second-order valence-electron chi connectivity index (χ2n) is 6.77. The lowest BCUT2D eigenvalue weighted by Gasteiger charge is -2.18. The van der Waals surface area contributed by atoms with E-state index in [0.717, 1.165) is 5.56 Å². The van der Waals surface area contributed by atoms with E-state index < -0.39 is 0 Å². The molecule has 1 N–H and O–H groups in total. The third-order valence-electron chi connectivity index (χ3n) is 4.69. The molecule has 0 unspecified atom stereocenters. The number of rotatable bonds is 4. The highest BCUT2D eigenvalue weighted by Crippen LogP contribution is 2.31. The molecular weight excluding hydrogens is 368 g/mol. The van der Waals surface area contributed by atoms with Gasteiger partial charge in [0.15, 0.2) is 23.0 Å². The van der Waals surface area contributed by atoms with E-state index in [1.54, 1.807) is 24.3 Å². The third kappa shape index (κ3) is 3.65. The molecule has 4 aromatic rings. The molecule has 0 aliphatic carbocycles. The van der Waals surface area contributed by atoms with Crippen LogP contribution in [0.2, 0.25) is 0 Å². The number of carbonyl (C=O) groups is 1. The molecule has 5 rings (SSSR count). The Hall–Kier alpha value is -3.80. The quantitative estimate of drug-likeness (QED) is 0.561. The van der Waals surface area contributed by atoms with Gasteiger partial charge < -0.3 is 19.2 Å². The summed E-state index contributed by atoms with van der Waals surface area (Å²) in [5.41, 5.74) is 3.67. The highest BCUT2D eigenvalue weighted by atomic mass is 16.6. The fraction of sp³-hybridized carbons (Fsp3) is 0.130. The lowest BCUT2D eigenvalue weighted by atomic mass is 10.1. The van der Waals surface area contributed by atoms with Crippen LogP contribution in [0.15, 0.2) is 71.1 Å². The monoisotopic (exact) mass is 386 g/mol. The van der Waals surface area contributed by atoms with Crippen LogP contribution in [-0.2, 0) is 6.42 Å². The minimum absolute atomic E-state index is 0.227. The molecular formula is C23H18N2O4. The lowest BCUT2D eigenvalue weighted by molar-refractivity contribution is 0.102. The Morgan fingerprint density at radius 1 is 0.931 bits per heavy atom. The van der Waals surface area contributed by atoms with Crippen molar-refractivity contribution >= 4 is 22.7 Å². The number of aromatic nitrogens is 1. The van der Waals surface area contributed by atoms with Crippen molar-refractivity contribution in [2.24, 2.45) is 0 Å². The van der Waals surface area contributed by atoms with Gasteiger partial charge in [0.2, 0.25) is 0 Å². The first-order valence-corrected chi connectivity index (χ1v) is 9.39. The maximum absolute atomic E-state index is 12.6. The number of amides is 1. The Morgan fingerprint density at radius 2 is 1.76 bits per heavy atom. The van der Waals surface area contributed by atoms with E-state index in [1.807, 2.05) is 42.5 Å². The fourth-order valence-electron chi connectivity index (χ4n) is 3.29. The topological polar surface area (TPSA) is 73.6 Å². The summed E-state index contributed by atoms with van der Waals surface area (Å²) in [4.78, 5) is 17.2. The van der Waals surface area contributed by atoms with Crippen LogP contribution >= 0.6 is 0 Å². The summed E-state index contributed by atoms with van der Waals surface area (Å²) in [5.74, 6) is 1.65. The summed E-state index contributed by atoms with van der Waals surface area (Å²) in [5, 5.41) is 2.90. The average Bonchev–Trinajstić information content (AvgIpc) is 3.15. The minimum atomic E-state index is -0.227. The van der Waals surface area contributed by atoms with E-state index in [0.29, 0.717) is 59.4 Å². The van der Waals surface area contributed by atoms with Crippen molar-refractivity contribution in [1.29, 1.82) is 0 Å². The van der Waals surface area contributed by atoms with Crippen molar-refractivity contribution in [2.75, 3.05) is 18.5 Å². The minimum Gasteiger partial charge on any atom is -0.486 e. The molecule has 0 atom stereocenters. The highest BCUT2D eigenvalue weighted by Gasteiger charge is 2.15. The van der Waals surface area contributed by atoms with Crippen molar-refractivity contribution in [3.05, 3.63) is 83.7 Å². The Morgan fingerprint density at radius 3 is 2.62 bits per heavy atom. The largest absolute Gasteiger partial charge is 0.486 e. The number of nitrogens with one attached hydrogen (secondary N) is 1. The second-order valence-corrected chi connectivity index (χ2v) is 6.77. The Kier molecular flexibility index (Phi) is 4.37. The molecule has 6 nitrogen and oxygen atoms in total. The van der Waals surface area contributed by atoms with E-state index in [4.69, 9.17) is 13.9 Å². The number of benzene rings is 3. The van der Waals surface area contributed by atoms with Gasteiger partial charge in [-0.3, -0.25) is 4.79 Å². The highest BCUT2D eigenvalue weighted by molar-refractivity contribution is 6.05. The summed E-state index contributed by atoms with van der Waals surface area (Å²) in [6, 6.07) is 20.6. The fourth-order valence-corrected chi connectivity index (χ4v) is 3.29. The van der Waals surface area contributed by atoms with Crippen LogP contribution in [0.3, 0.4) is 0 Å². The van der Waals surface area contributed by atoms with E-state index >= 15 is 0 Å². The van der Waals surface area contributed by atoms with Crippen molar-refractivity contribution < 1.29 is 18.7 Å². The smallest absolute Gasteiger partial charge is 0.255 e. The predicted octanol–water partition coefficient (Wildman–Crippen LogP) is 4.44.